The van der Waals surface area contributed by atoms with Gasteiger partial charge in [0.1, 0.15) is 11.6 Å². The van der Waals surface area contributed by atoms with Crippen LogP contribution in [0.4, 0.5) is 5.69 Å². The normalized spacial score (nSPS) is 30.5. The molecule has 3 aliphatic heterocycles. The number of hydrogen-bond donors (Lipinski definition) is 2. The standard InChI is InChI=1S/C23H27ClN2O6/c1-3-10-25(18-13(2)6-4-7-14(18)24)21(29)19-23-9-8-15(32-23)16(22(30)31)17(23)20(28)26(19)11-5-12-27/h3-4,6-7,15-17,19,27H,1,5,8-12H2,2H3,(H,30,31)/t15-,16+,17+,19-,23+/m1/s1. The summed E-state index contributed by atoms with van der Waals surface area (Å²) in [4.78, 5) is 42.4. The molecule has 0 unspecified atom stereocenters. The van der Waals surface area contributed by atoms with Gasteiger partial charge in [0, 0.05) is 19.7 Å². The molecule has 3 fully saturated rings. The Morgan fingerprint density at radius 2 is 2.19 bits per heavy atom. The van der Waals surface area contributed by atoms with Gasteiger partial charge >= 0.3 is 5.97 Å². The van der Waals surface area contributed by atoms with Gasteiger partial charge < -0.3 is 24.7 Å². The molecule has 4 rings (SSSR count). The summed E-state index contributed by atoms with van der Waals surface area (Å²) >= 11 is 6.46. The zero-order valence-electron chi connectivity index (χ0n) is 17.9. The molecule has 3 heterocycles. The van der Waals surface area contributed by atoms with Crippen molar-refractivity contribution in [3.05, 3.63) is 41.4 Å². The molecule has 32 heavy (non-hydrogen) atoms. The minimum atomic E-state index is -1.20. The molecule has 1 spiro atoms. The SMILES string of the molecule is C=CCN(C(=O)[C@H]1N(CCCO)C(=O)[C@@H]2[C@@H](C(=O)O)[C@H]3CC[C@]21O3)c1c(C)cccc1Cl. The highest BCUT2D eigenvalue weighted by atomic mass is 35.5. The predicted octanol–water partition coefficient (Wildman–Crippen LogP) is 2.01. The van der Waals surface area contributed by atoms with Crippen LogP contribution in [-0.4, -0.2) is 70.3 Å². The number of para-hydroxylation sites is 1. The van der Waals surface area contributed by atoms with Gasteiger partial charge in [-0.15, -0.1) is 6.58 Å². The number of fused-ring (bicyclic) bond motifs is 1. The molecule has 2 bridgehead atoms. The quantitative estimate of drug-likeness (QED) is 0.572. The van der Waals surface area contributed by atoms with E-state index in [0.29, 0.717) is 23.6 Å². The third kappa shape index (κ3) is 3.24. The fourth-order valence-electron chi connectivity index (χ4n) is 5.73. The Morgan fingerprint density at radius 1 is 1.44 bits per heavy atom. The minimum absolute atomic E-state index is 0.133. The number of likely N-dealkylation sites (tertiary alicyclic amines) is 1. The second-order valence-electron chi connectivity index (χ2n) is 8.65. The number of aliphatic carboxylic acids is 1. The monoisotopic (exact) mass is 462 g/mol. The summed E-state index contributed by atoms with van der Waals surface area (Å²) in [7, 11) is 0. The maximum atomic E-state index is 14.1. The fourth-order valence-corrected chi connectivity index (χ4v) is 6.05. The van der Waals surface area contributed by atoms with Crippen molar-refractivity contribution in [1.82, 2.24) is 4.90 Å². The van der Waals surface area contributed by atoms with Gasteiger partial charge in [-0.2, -0.15) is 0 Å². The molecule has 8 nitrogen and oxygen atoms in total. The maximum absolute atomic E-state index is 14.1. The van der Waals surface area contributed by atoms with E-state index < -0.39 is 41.5 Å². The van der Waals surface area contributed by atoms with Gasteiger partial charge in [0.2, 0.25) is 5.91 Å². The number of aliphatic hydroxyl groups excluding tert-OH is 1. The van der Waals surface area contributed by atoms with Crippen LogP contribution in [0.1, 0.15) is 24.8 Å². The van der Waals surface area contributed by atoms with Gasteiger partial charge in [0.25, 0.3) is 5.91 Å². The highest BCUT2D eigenvalue weighted by Gasteiger charge is 2.74. The molecule has 0 saturated carbocycles. The molecule has 3 saturated heterocycles. The number of benzene rings is 1. The Labute approximate surface area is 191 Å². The third-order valence-electron chi connectivity index (χ3n) is 6.91. The topological polar surface area (TPSA) is 107 Å². The van der Waals surface area contributed by atoms with Crippen LogP contribution in [0, 0.1) is 18.8 Å². The van der Waals surface area contributed by atoms with Crippen molar-refractivity contribution >= 4 is 35.1 Å². The first kappa shape index (κ1) is 22.8. The van der Waals surface area contributed by atoms with Gasteiger partial charge in [-0.05, 0) is 37.8 Å². The first-order chi connectivity index (χ1) is 15.3. The number of carboxylic acids is 1. The second-order valence-corrected chi connectivity index (χ2v) is 9.05. The number of carbonyl (C=O) groups excluding carboxylic acids is 2. The van der Waals surface area contributed by atoms with E-state index in [1.807, 2.05) is 13.0 Å². The smallest absolute Gasteiger partial charge is 0.310 e. The van der Waals surface area contributed by atoms with Gasteiger partial charge in [-0.1, -0.05) is 29.8 Å². The van der Waals surface area contributed by atoms with Crippen LogP contribution < -0.4 is 4.90 Å². The van der Waals surface area contributed by atoms with Crippen LogP contribution >= 0.6 is 11.6 Å². The van der Waals surface area contributed by atoms with Crippen LogP contribution in [0.25, 0.3) is 0 Å². The molecule has 2 N–H and O–H groups in total. The van der Waals surface area contributed by atoms with E-state index in [4.69, 9.17) is 16.3 Å². The zero-order chi connectivity index (χ0) is 23.2. The number of aryl methyl sites for hydroxylation is 1. The molecule has 9 heteroatoms. The Morgan fingerprint density at radius 3 is 2.81 bits per heavy atom. The molecule has 0 aliphatic carbocycles. The Hall–Kier alpha value is -2.42. The lowest BCUT2D eigenvalue weighted by Gasteiger charge is -2.37. The number of carboxylic acid groups (broad SMARTS) is 1. The van der Waals surface area contributed by atoms with Crippen LogP contribution in [0.15, 0.2) is 30.9 Å². The number of halogens is 1. The fraction of sp³-hybridized carbons (Fsp3) is 0.522. The van der Waals surface area contributed by atoms with Gasteiger partial charge in [0.05, 0.1) is 28.6 Å². The highest BCUT2D eigenvalue weighted by Crippen LogP contribution is 2.58. The third-order valence-corrected chi connectivity index (χ3v) is 7.22. The van der Waals surface area contributed by atoms with Crippen LogP contribution in [0.5, 0.6) is 0 Å². The summed E-state index contributed by atoms with van der Waals surface area (Å²) in [5.74, 6) is -3.79. The van der Waals surface area contributed by atoms with E-state index in [-0.39, 0.29) is 32.0 Å². The first-order valence-corrected chi connectivity index (χ1v) is 11.2. The van der Waals surface area contributed by atoms with E-state index in [1.165, 1.54) is 9.80 Å². The molecular formula is C23H27ClN2O6. The van der Waals surface area contributed by atoms with Gasteiger partial charge in [0.15, 0.2) is 0 Å². The van der Waals surface area contributed by atoms with E-state index >= 15 is 0 Å². The number of amides is 2. The summed E-state index contributed by atoms with van der Waals surface area (Å²) in [6.07, 6.45) is 2.16. The van der Waals surface area contributed by atoms with Crippen molar-refractivity contribution in [3.63, 3.8) is 0 Å². The van der Waals surface area contributed by atoms with Crippen LogP contribution in [0.2, 0.25) is 5.02 Å². The van der Waals surface area contributed by atoms with E-state index in [1.54, 1.807) is 18.2 Å². The molecule has 0 aromatic heterocycles. The summed E-state index contributed by atoms with van der Waals surface area (Å²) in [6, 6.07) is 4.32. The van der Waals surface area contributed by atoms with Crippen molar-refractivity contribution in [2.24, 2.45) is 11.8 Å². The first-order valence-electron chi connectivity index (χ1n) is 10.8. The molecule has 172 valence electrons. The van der Waals surface area contributed by atoms with Crippen molar-refractivity contribution in [2.45, 2.75) is 43.9 Å². The Balaban J connectivity index is 1.81. The van der Waals surface area contributed by atoms with Crippen molar-refractivity contribution in [3.8, 4) is 0 Å². The van der Waals surface area contributed by atoms with Gasteiger partial charge in [-0.3, -0.25) is 14.4 Å². The molecular weight excluding hydrogens is 436 g/mol. The number of rotatable bonds is 8. The van der Waals surface area contributed by atoms with Crippen molar-refractivity contribution < 1.29 is 29.3 Å². The summed E-state index contributed by atoms with van der Waals surface area (Å²) in [5, 5.41) is 19.6. The lowest BCUT2D eigenvalue weighted by molar-refractivity contribution is -0.149. The summed E-state index contributed by atoms with van der Waals surface area (Å²) < 4.78 is 6.18. The molecule has 2 amide bonds. The Kier molecular flexibility index (Phi) is 6.04. The lowest BCUT2D eigenvalue weighted by Crippen LogP contribution is -2.56. The van der Waals surface area contributed by atoms with Crippen molar-refractivity contribution in [1.29, 1.82) is 0 Å². The van der Waals surface area contributed by atoms with Gasteiger partial charge in [-0.25, -0.2) is 0 Å². The van der Waals surface area contributed by atoms with Crippen molar-refractivity contribution in [2.75, 3.05) is 24.6 Å². The van der Waals surface area contributed by atoms with E-state index in [9.17, 15) is 24.6 Å². The number of aliphatic hydroxyl groups is 1. The maximum Gasteiger partial charge on any atom is 0.310 e. The van der Waals surface area contributed by atoms with E-state index in [0.717, 1.165) is 5.56 Å². The number of carbonyl (C=O) groups is 3. The largest absolute Gasteiger partial charge is 0.481 e. The van der Waals surface area contributed by atoms with E-state index in [2.05, 4.69) is 6.58 Å². The molecule has 1 aromatic carbocycles. The average molecular weight is 463 g/mol. The van der Waals surface area contributed by atoms with Crippen LogP contribution in [0.3, 0.4) is 0 Å². The minimum Gasteiger partial charge on any atom is -0.481 e. The number of anilines is 1. The Bertz CT molecular complexity index is 948. The number of hydrogen-bond acceptors (Lipinski definition) is 5. The predicted molar refractivity (Wildman–Crippen MR) is 117 cm³/mol. The lowest BCUT2D eigenvalue weighted by atomic mass is 9.70. The highest BCUT2D eigenvalue weighted by molar-refractivity contribution is 6.34. The average Bonchev–Trinajstić information content (AvgIpc) is 3.38. The molecule has 0 radical (unpaired) electrons. The summed E-state index contributed by atoms with van der Waals surface area (Å²) in [5.41, 5.74) is 0.107. The number of ether oxygens (including phenoxy) is 1. The second kappa shape index (κ2) is 8.50. The molecule has 5 atom stereocenters. The molecule has 1 aromatic rings. The zero-order valence-corrected chi connectivity index (χ0v) is 18.6. The summed E-state index contributed by atoms with van der Waals surface area (Å²) in [6.45, 7) is 5.74. The van der Waals surface area contributed by atoms with Crippen LogP contribution in [-0.2, 0) is 19.1 Å². The number of nitrogens with zero attached hydrogens (tertiary/aromatic N) is 2. The molecule has 3 aliphatic rings.